The summed E-state index contributed by atoms with van der Waals surface area (Å²) in [5, 5.41) is 0. The van der Waals surface area contributed by atoms with Crippen molar-refractivity contribution in [2.24, 2.45) is 0 Å². The molecule has 0 fully saturated rings. The van der Waals surface area contributed by atoms with Gasteiger partial charge in [-0.3, -0.25) is 0 Å². The summed E-state index contributed by atoms with van der Waals surface area (Å²) in [7, 11) is 0. The highest BCUT2D eigenvalue weighted by Crippen LogP contribution is 2.30. The molecule has 41 heavy (non-hydrogen) atoms. The fraction of sp³-hybridized carbons (Fsp3) is 0.314. The van der Waals surface area contributed by atoms with E-state index in [1.165, 1.54) is 23.3 Å². The van der Waals surface area contributed by atoms with Gasteiger partial charge in [0.15, 0.2) is 0 Å². The molecule has 0 aromatic heterocycles. The lowest BCUT2D eigenvalue weighted by molar-refractivity contribution is -0.138. The number of aryl methyl sites for hydroxylation is 1. The van der Waals surface area contributed by atoms with Gasteiger partial charge in [0.25, 0.3) is 0 Å². The third kappa shape index (κ3) is 11.0. The topological polar surface area (TPSA) is 71.1 Å². The van der Waals surface area contributed by atoms with Gasteiger partial charge in [0.05, 0.1) is 26.4 Å². The molecule has 0 aliphatic rings. The number of benzene rings is 3. The molecule has 0 N–H and O–H groups in total. The van der Waals surface area contributed by atoms with E-state index in [1.54, 1.807) is 0 Å². The van der Waals surface area contributed by atoms with Crippen LogP contribution in [0, 0.1) is 6.92 Å². The fourth-order valence-corrected chi connectivity index (χ4v) is 4.25. The smallest absolute Gasteiger partial charge is 0.330 e. The average molecular weight is 557 g/mol. The van der Waals surface area contributed by atoms with Crippen molar-refractivity contribution in [1.82, 2.24) is 0 Å². The first-order valence-corrected chi connectivity index (χ1v) is 14.2. The Morgan fingerprint density at radius 1 is 0.585 bits per heavy atom. The highest BCUT2D eigenvalue weighted by atomic mass is 16.5. The minimum Gasteiger partial charge on any atom is -0.494 e. The summed E-state index contributed by atoms with van der Waals surface area (Å²) in [4.78, 5) is 22.1. The molecule has 0 aliphatic carbocycles. The van der Waals surface area contributed by atoms with Gasteiger partial charge in [0.1, 0.15) is 11.5 Å². The second-order valence-corrected chi connectivity index (χ2v) is 9.64. The van der Waals surface area contributed by atoms with Crippen LogP contribution in [0.2, 0.25) is 0 Å². The Hall–Kier alpha value is -4.32. The molecule has 6 heteroatoms. The van der Waals surface area contributed by atoms with Gasteiger partial charge >= 0.3 is 11.9 Å². The van der Waals surface area contributed by atoms with Gasteiger partial charge in [-0.05, 0) is 97.5 Å². The van der Waals surface area contributed by atoms with E-state index in [0.717, 1.165) is 66.7 Å². The van der Waals surface area contributed by atoms with Crippen molar-refractivity contribution in [2.75, 3.05) is 26.4 Å². The number of ether oxygens (including phenoxy) is 4. The summed E-state index contributed by atoms with van der Waals surface area (Å²) < 4.78 is 21.7. The zero-order valence-electron chi connectivity index (χ0n) is 23.9. The minimum atomic E-state index is -0.377. The summed E-state index contributed by atoms with van der Waals surface area (Å²) in [6.07, 6.45) is 7.65. The van der Waals surface area contributed by atoms with Crippen molar-refractivity contribution in [1.29, 1.82) is 0 Å². The van der Waals surface area contributed by atoms with Crippen LogP contribution in [-0.4, -0.2) is 38.4 Å². The van der Waals surface area contributed by atoms with Crippen molar-refractivity contribution < 1.29 is 28.5 Å². The fourth-order valence-electron chi connectivity index (χ4n) is 4.25. The minimum absolute atomic E-state index is 0.377. The lowest BCUT2D eigenvalue weighted by atomic mass is 9.96. The molecular weight excluding hydrogens is 516 g/mol. The van der Waals surface area contributed by atoms with E-state index in [9.17, 15) is 9.59 Å². The quantitative estimate of drug-likeness (QED) is 0.0901. The zero-order valence-corrected chi connectivity index (χ0v) is 23.9. The highest BCUT2D eigenvalue weighted by Gasteiger charge is 2.06. The molecule has 0 radical (unpaired) electrons. The molecule has 0 bridgehead atoms. The van der Waals surface area contributed by atoms with E-state index < -0.39 is 0 Å². The van der Waals surface area contributed by atoms with E-state index in [2.05, 4.69) is 62.5 Å². The average Bonchev–Trinajstić information content (AvgIpc) is 3.00. The monoisotopic (exact) mass is 556 g/mol. The van der Waals surface area contributed by atoms with Crippen LogP contribution in [0.5, 0.6) is 11.5 Å². The Morgan fingerprint density at radius 2 is 1.02 bits per heavy atom. The summed E-state index contributed by atoms with van der Waals surface area (Å²) in [5.41, 5.74) is 5.83. The van der Waals surface area contributed by atoms with E-state index in [4.69, 9.17) is 18.9 Å². The van der Waals surface area contributed by atoms with E-state index in [0.29, 0.717) is 26.4 Å². The number of unbranched alkanes of at least 4 members (excludes halogenated alkanes) is 4. The van der Waals surface area contributed by atoms with Gasteiger partial charge in [-0.1, -0.05) is 55.6 Å². The molecule has 3 aromatic carbocycles. The first kappa shape index (κ1) is 31.2. The van der Waals surface area contributed by atoms with Gasteiger partial charge in [0.2, 0.25) is 0 Å². The largest absolute Gasteiger partial charge is 0.494 e. The molecule has 3 aromatic rings. The first-order valence-electron chi connectivity index (χ1n) is 14.2. The van der Waals surface area contributed by atoms with Gasteiger partial charge in [0, 0.05) is 12.2 Å². The lowest BCUT2D eigenvalue weighted by Gasteiger charge is -2.12. The number of carbonyl (C=O) groups is 2. The molecule has 0 saturated heterocycles. The van der Waals surface area contributed by atoms with Crippen LogP contribution >= 0.6 is 0 Å². The molecule has 0 amide bonds. The van der Waals surface area contributed by atoms with Crippen LogP contribution in [0.15, 0.2) is 92.0 Å². The third-order valence-electron chi connectivity index (χ3n) is 6.52. The van der Waals surface area contributed by atoms with Crippen LogP contribution in [0.4, 0.5) is 0 Å². The second-order valence-electron chi connectivity index (χ2n) is 9.64. The molecule has 0 unspecified atom stereocenters. The van der Waals surface area contributed by atoms with Crippen molar-refractivity contribution in [3.63, 3.8) is 0 Å². The van der Waals surface area contributed by atoms with Crippen LogP contribution in [0.25, 0.3) is 22.3 Å². The van der Waals surface area contributed by atoms with Crippen molar-refractivity contribution in [3.8, 4) is 33.8 Å². The van der Waals surface area contributed by atoms with E-state index in [-0.39, 0.29) is 11.9 Å². The summed E-state index contributed by atoms with van der Waals surface area (Å²) in [6.45, 7) is 11.0. The van der Waals surface area contributed by atoms with Crippen LogP contribution in [0.3, 0.4) is 0 Å². The predicted octanol–water partition coefficient (Wildman–Crippen LogP) is 7.89. The van der Waals surface area contributed by atoms with Crippen molar-refractivity contribution in [3.05, 3.63) is 97.6 Å². The van der Waals surface area contributed by atoms with E-state index >= 15 is 0 Å². The maximum atomic E-state index is 11.0. The van der Waals surface area contributed by atoms with Gasteiger partial charge in [-0.15, -0.1) is 0 Å². The number of hydrogen-bond acceptors (Lipinski definition) is 6. The Bertz CT molecular complexity index is 1260. The maximum absolute atomic E-state index is 11.0. The molecule has 0 saturated carbocycles. The second kappa shape index (κ2) is 17.4. The molecule has 0 spiro atoms. The van der Waals surface area contributed by atoms with Crippen LogP contribution in [-0.2, 0) is 19.1 Å². The van der Waals surface area contributed by atoms with E-state index in [1.807, 2.05) is 24.3 Å². The number of hydrogen-bond donors (Lipinski definition) is 0. The van der Waals surface area contributed by atoms with Gasteiger partial charge in [-0.2, -0.15) is 0 Å². The summed E-state index contributed by atoms with van der Waals surface area (Å²) in [6, 6.07) is 22.9. The van der Waals surface area contributed by atoms with Crippen molar-refractivity contribution in [2.45, 2.75) is 45.4 Å². The number of carbonyl (C=O) groups excluding carboxylic acids is 2. The number of rotatable bonds is 18. The van der Waals surface area contributed by atoms with Crippen LogP contribution in [0.1, 0.15) is 44.1 Å². The van der Waals surface area contributed by atoms with Crippen LogP contribution < -0.4 is 9.47 Å². The predicted molar refractivity (Wildman–Crippen MR) is 163 cm³/mol. The molecular formula is C35H40O6. The lowest BCUT2D eigenvalue weighted by Crippen LogP contribution is -2.03. The molecule has 0 atom stereocenters. The SMILES string of the molecule is C=CC(=O)OCCCCCOc1ccc(-c2ccc(-c3ccc(OCCCCCOC(=O)C=C)cc3)c(C)c2)cc1. The molecule has 6 nitrogen and oxygen atoms in total. The number of esters is 2. The Morgan fingerprint density at radius 3 is 1.49 bits per heavy atom. The van der Waals surface area contributed by atoms with Crippen molar-refractivity contribution >= 4 is 11.9 Å². The first-order chi connectivity index (χ1) is 20.0. The third-order valence-corrected chi connectivity index (χ3v) is 6.52. The highest BCUT2D eigenvalue weighted by molar-refractivity contribution is 5.81. The van der Waals surface area contributed by atoms with Gasteiger partial charge < -0.3 is 18.9 Å². The Kier molecular flexibility index (Phi) is 13.2. The summed E-state index contributed by atoms with van der Waals surface area (Å²) >= 11 is 0. The zero-order chi connectivity index (χ0) is 29.3. The molecule has 216 valence electrons. The Balaban J connectivity index is 1.42. The Labute approximate surface area is 243 Å². The molecule has 0 aliphatic heterocycles. The standard InChI is InChI=1S/C35H40O6/c1-4-34(36)40-24-10-6-8-22-38-31-17-12-28(13-18-31)30-16-21-33(27(3)26-30)29-14-19-32(20-15-29)39-23-9-7-11-25-41-35(37)5-2/h4-5,12-21,26H,1-2,6-11,22-25H2,3H3. The molecule has 3 rings (SSSR count). The van der Waals surface area contributed by atoms with Gasteiger partial charge in [-0.25, -0.2) is 9.59 Å². The molecule has 0 heterocycles. The normalized spacial score (nSPS) is 10.5. The maximum Gasteiger partial charge on any atom is 0.330 e. The summed E-state index contributed by atoms with van der Waals surface area (Å²) in [5.74, 6) is 0.935.